The van der Waals surface area contributed by atoms with E-state index in [1.807, 2.05) is 64.1 Å². The maximum atomic E-state index is 13.2. The molecule has 0 aromatic heterocycles. The number of nitrogens with zero attached hydrogens (tertiary/aromatic N) is 1. The van der Waals surface area contributed by atoms with Gasteiger partial charge in [-0.3, -0.25) is 9.59 Å². The summed E-state index contributed by atoms with van der Waals surface area (Å²) in [6, 6.07) is 12.6. The van der Waals surface area contributed by atoms with E-state index in [1.54, 1.807) is 11.0 Å². The molecule has 0 spiro atoms. The van der Waals surface area contributed by atoms with Crippen LogP contribution in [0.2, 0.25) is 5.02 Å². The lowest BCUT2D eigenvalue weighted by Gasteiger charge is -2.31. The fraction of sp³-hybridized carbons (Fsp3) is 0.417. The monoisotopic (exact) mass is 430 g/mol. The highest BCUT2D eigenvalue weighted by Gasteiger charge is 2.29. The minimum atomic E-state index is -0.594. The van der Waals surface area contributed by atoms with Crippen LogP contribution in [0.15, 0.2) is 42.5 Å². The number of carbonyl (C=O) groups excluding carboxylic acids is 2. The molecule has 162 valence electrons. The summed E-state index contributed by atoms with van der Waals surface area (Å²) < 4.78 is 5.80. The molecule has 1 atom stereocenters. The maximum Gasteiger partial charge on any atom is 0.261 e. The molecule has 5 nitrogen and oxygen atoms in total. The Balaban J connectivity index is 2.22. The van der Waals surface area contributed by atoms with Crippen LogP contribution >= 0.6 is 11.6 Å². The van der Waals surface area contributed by atoms with Crippen molar-refractivity contribution in [3.05, 3.63) is 64.2 Å². The van der Waals surface area contributed by atoms with E-state index in [1.165, 1.54) is 0 Å². The lowest BCUT2D eigenvalue weighted by molar-refractivity contribution is -0.143. The van der Waals surface area contributed by atoms with Gasteiger partial charge in [0, 0.05) is 18.1 Å². The van der Waals surface area contributed by atoms with Crippen LogP contribution in [0.5, 0.6) is 5.75 Å². The topological polar surface area (TPSA) is 58.6 Å². The summed E-state index contributed by atoms with van der Waals surface area (Å²) in [7, 11) is 0. The number of amides is 2. The summed E-state index contributed by atoms with van der Waals surface area (Å²) in [5, 5.41) is 3.47. The number of aryl methyl sites for hydroxylation is 2. The Hall–Kier alpha value is -2.53. The van der Waals surface area contributed by atoms with Gasteiger partial charge in [0.25, 0.3) is 5.91 Å². The zero-order chi connectivity index (χ0) is 22.1. The van der Waals surface area contributed by atoms with E-state index in [4.69, 9.17) is 16.3 Å². The Kier molecular flexibility index (Phi) is 9.18. The number of rotatable bonds is 10. The average Bonchev–Trinajstić information content (AvgIpc) is 2.72. The Morgan fingerprint density at radius 2 is 1.87 bits per heavy atom. The van der Waals surface area contributed by atoms with Gasteiger partial charge < -0.3 is 15.0 Å². The Labute approximate surface area is 184 Å². The predicted molar refractivity (Wildman–Crippen MR) is 121 cm³/mol. The van der Waals surface area contributed by atoms with E-state index >= 15 is 0 Å². The molecule has 0 aliphatic rings. The van der Waals surface area contributed by atoms with E-state index < -0.39 is 6.04 Å². The molecule has 30 heavy (non-hydrogen) atoms. The molecule has 0 aliphatic heterocycles. The Morgan fingerprint density at radius 3 is 2.50 bits per heavy atom. The normalized spacial score (nSPS) is 11.6. The van der Waals surface area contributed by atoms with E-state index in [9.17, 15) is 9.59 Å². The van der Waals surface area contributed by atoms with E-state index in [0.29, 0.717) is 23.7 Å². The second kappa shape index (κ2) is 11.6. The average molecular weight is 431 g/mol. The Morgan fingerprint density at radius 1 is 1.13 bits per heavy atom. The van der Waals surface area contributed by atoms with Crippen molar-refractivity contribution in [2.45, 2.75) is 53.1 Å². The molecule has 2 rings (SSSR count). The van der Waals surface area contributed by atoms with Crippen molar-refractivity contribution in [1.29, 1.82) is 0 Å². The molecule has 2 aromatic rings. The van der Waals surface area contributed by atoms with Crippen molar-refractivity contribution in [2.75, 3.05) is 13.2 Å². The minimum Gasteiger partial charge on any atom is -0.483 e. The summed E-state index contributed by atoms with van der Waals surface area (Å²) in [6.45, 7) is 8.51. The summed E-state index contributed by atoms with van der Waals surface area (Å²) in [5.74, 6) is 0.245. The SMILES string of the molecule is CCCNC(=O)[C@@H](CC)N(Cc1ccccc1Cl)C(=O)COc1ccc(C)cc1C. The standard InChI is InChI=1S/C24H31ClN2O3/c1-5-13-26-24(29)21(6-2)27(15-19-9-7-8-10-20(19)25)23(28)16-30-22-12-11-17(3)14-18(22)4/h7-12,14,21H,5-6,13,15-16H2,1-4H3,(H,26,29)/t21-/m1/s1. The van der Waals surface area contributed by atoms with Gasteiger partial charge in [0.05, 0.1) is 0 Å². The molecule has 2 aromatic carbocycles. The predicted octanol–water partition coefficient (Wildman–Crippen LogP) is 4.67. The molecule has 6 heteroatoms. The van der Waals surface area contributed by atoms with Gasteiger partial charge in [-0.1, -0.05) is 61.3 Å². The van der Waals surface area contributed by atoms with Crippen LogP contribution in [0.25, 0.3) is 0 Å². The van der Waals surface area contributed by atoms with Gasteiger partial charge >= 0.3 is 0 Å². The molecule has 0 saturated heterocycles. The zero-order valence-electron chi connectivity index (χ0n) is 18.2. The lowest BCUT2D eigenvalue weighted by Crippen LogP contribution is -2.50. The first-order chi connectivity index (χ1) is 14.4. The van der Waals surface area contributed by atoms with Gasteiger partial charge in [0.15, 0.2) is 6.61 Å². The van der Waals surface area contributed by atoms with E-state index in [-0.39, 0.29) is 25.0 Å². The smallest absolute Gasteiger partial charge is 0.261 e. The molecule has 0 aliphatic carbocycles. The van der Waals surface area contributed by atoms with Gasteiger partial charge in [-0.15, -0.1) is 0 Å². The van der Waals surface area contributed by atoms with Gasteiger partial charge in [-0.05, 0) is 49.9 Å². The van der Waals surface area contributed by atoms with Crippen molar-refractivity contribution in [2.24, 2.45) is 0 Å². The first-order valence-corrected chi connectivity index (χ1v) is 10.8. The Bertz CT molecular complexity index is 869. The van der Waals surface area contributed by atoms with Crippen LogP contribution in [0.3, 0.4) is 0 Å². The van der Waals surface area contributed by atoms with Gasteiger partial charge in [-0.2, -0.15) is 0 Å². The van der Waals surface area contributed by atoms with Crippen LogP contribution in [-0.2, 0) is 16.1 Å². The highest BCUT2D eigenvalue weighted by atomic mass is 35.5. The molecule has 1 N–H and O–H groups in total. The summed E-state index contributed by atoms with van der Waals surface area (Å²) in [4.78, 5) is 27.5. The minimum absolute atomic E-state index is 0.147. The van der Waals surface area contributed by atoms with Crippen LogP contribution in [0.1, 0.15) is 43.4 Å². The number of halogens is 1. The summed E-state index contributed by atoms with van der Waals surface area (Å²) >= 11 is 6.32. The van der Waals surface area contributed by atoms with Crippen molar-refractivity contribution >= 4 is 23.4 Å². The number of hydrogen-bond acceptors (Lipinski definition) is 3. The van der Waals surface area contributed by atoms with E-state index in [0.717, 1.165) is 23.1 Å². The molecule has 0 radical (unpaired) electrons. The third-order valence-electron chi connectivity index (χ3n) is 4.92. The largest absolute Gasteiger partial charge is 0.483 e. The maximum absolute atomic E-state index is 13.2. The summed E-state index contributed by atoms with van der Waals surface area (Å²) in [5.41, 5.74) is 2.89. The van der Waals surface area contributed by atoms with Gasteiger partial charge in [0.1, 0.15) is 11.8 Å². The third-order valence-corrected chi connectivity index (χ3v) is 5.28. The number of hydrogen-bond donors (Lipinski definition) is 1. The van der Waals surface area contributed by atoms with Crippen LogP contribution in [0, 0.1) is 13.8 Å². The molecule has 0 saturated carbocycles. The molecule has 0 bridgehead atoms. The van der Waals surface area contributed by atoms with Crippen molar-refractivity contribution in [1.82, 2.24) is 10.2 Å². The fourth-order valence-electron chi connectivity index (χ4n) is 3.28. The van der Waals surface area contributed by atoms with Crippen LogP contribution in [0.4, 0.5) is 0 Å². The number of nitrogens with one attached hydrogen (secondary N) is 1. The zero-order valence-corrected chi connectivity index (χ0v) is 19.0. The second-order valence-electron chi connectivity index (χ2n) is 7.39. The van der Waals surface area contributed by atoms with E-state index in [2.05, 4.69) is 5.32 Å². The third kappa shape index (κ3) is 6.49. The highest BCUT2D eigenvalue weighted by Crippen LogP contribution is 2.21. The van der Waals surface area contributed by atoms with Crippen LogP contribution < -0.4 is 10.1 Å². The summed E-state index contributed by atoms with van der Waals surface area (Å²) in [6.07, 6.45) is 1.33. The lowest BCUT2D eigenvalue weighted by atomic mass is 10.1. The molecular weight excluding hydrogens is 400 g/mol. The van der Waals surface area contributed by atoms with Crippen molar-refractivity contribution in [3.63, 3.8) is 0 Å². The highest BCUT2D eigenvalue weighted by molar-refractivity contribution is 6.31. The molecule has 0 heterocycles. The second-order valence-corrected chi connectivity index (χ2v) is 7.79. The fourth-order valence-corrected chi connectivity index (χ4v) is 3.47. The molecule has 0 unspecified atom stereocenters. The first-order valence-electron chi connectivity index (χ1n) is 10.4. The number of ether oxygens (including phenoxy) is 1. The van der Waals surface area contributed by atoms with Crippen molar-refractivity contribution in [3.8, 4) is 5.75 Å². The number of benzene rings is 2. The van der Waals surface area contributed by atoms with Gasteiger partial charge in [-0.25, -0.2) is 0 Å². The number of carbonyl (C=O) groups is 2. The first kappa shape index (κ1) is 23.7. The molecular formula is C24H31ClN2O3. The van der Waals surface area contributed by atoms with Crippen LogP contribution in [-0.4, -0.2) is 35.9 Å². The van der Waals surface area contributed by atoms with Crippen molar-refractivity contribution < 1.29 is 14.3 Å². The quantitative estimate of drug-likeness (QED) is 0.595. The van der Waals surface area contributed by atoms with Gasteiger partial charge in [0.2, 0.25) is 5.91 Å². The molecule has 0 fully saturated rings. The molecule has 2 amide bonds.